The Bertz CT molecular complexity index is 954. The first-order valence-electron chi connectivity index (χ1n) is 10.1. The van der Waals surface area contributed by atoms with Crippen molar-refractivity contribution in [2.75, 3.05) is 31.9 Å². The molecule has 1 aliphatic rings. The number of nitrogens with zero attached hydrogens (tertiary/aromatic N) is 6. The number of carbonyl (C=O) groups is 1. The maximum atomic E-state index is 12.7. The predicted molar refractivity (Wildman–Crippen MR) is 117 cm³/mol. The van der Waals surface area contributed by atoms with Gasteiger partial charge in [-0.3, -0.25) is 14.7 Å². The van der Waals surface area contributed by atoms with Gasteiger partial charge in [-0.15, -0.1) is 10.2 Å². The first kappa shape index (κ1) is 20.6. The summed E-state index contributed by atoms with van der Waals surface area (Å²) in [6, 6.07) is 14.3. The third-order valence-electron chi connectivity index (χ3n) is 5.29. The number of rotatable bonds is 7. The molecule has 30 heavy (non-hydrogen) atoms. The highest BCUT2D eigenvalue weighted by Gasteiger charge is 2.22. The zero-order valence-electron chi connectivity index (χ0n) is 17.1. The molecule has 1 saturated heterocycles. The number of aryl methyl sites for hydroxylation is 1. The number of benzene rings is 1. The highest BCUT2D eigenvalue weighted by molar-refractivity contribution is 7.99. The molecule has 3 aromatic rings. The molecule has 1 fully saturated rings. The van der Waals surface area contributed by atoms with E-state index < -0.39 is 0 Å². The second-order valence-corrected chi connectivity index (χ2v) is 8.35. The molecule has 7 nitrogen and oxygen atoms in total. The van der Waals surface area contributed by atoms with Crippen LogP contribution in [0.25, 0.3) is 0 Å². The summed E-state index contributed by atoms with van der Waals surface area (Å²) in [5.74, 6) is 1.41. The number of hydrogen-bond acceptors (Lipinski definition) is 6. The quantitative estimate of drug-likeness (QED) is 0.545. The number of thioether (sulfide) groups is 1. The van der Waals surface area contributed by atoms with Crippen molar-refractivity contribution in [3.8, 4) is 0 Å². The molecule has 0 N–H and O–H groups in total. The lowest BCUT2D eigenvalue weighted by Crippen LogP contribution is -2.48. The summed E-state index contributed by atoms with van der Waals surface area (Å²) in [7, 11) is 0. The van der Waals surface area contributed by atoms with Crippen LogP contribution in [0, 0.1) is 6.92 Å². The number of amides is 1. The number of pyridine rings is 1. The van der Waals surface area contributed by atoms with Gasteiger partial charge in [0.1, 0.15) is 5.82 Å². The van der Waals surface area contributed by atoms with Crippen LogP contribution >= 0.6 is 11.8 Å². The Morgan fingerprint density at radius 3 is 2.37 bits per heavy atom. The van der Waals surface area contributed by atoms with E-state index in [1.54, 1.807) is 0 Å². The maximum absolute atomic E-state index is 12.7. The van der Waals surface area contributed by atoms with Crippen LogP contribution in [0.2, 0.25) is 0 Å². The minimum Gasteiger partial charge on any atom is -0.339 e. The van der Waals surface area contributed by atoms with Crippen molar-refractivity contribution in [2.24, 2.45) is 0 Å². The van der Waals surface area contributed by atoms with Crippen LogP contribution in [0.3, 0.4) is 0 Å². The van der Waals surface area contributed by atoms with E-state index in [-0.39, 0.29) is 5.91 Å². The van der Waals surface area contributed by atoms with Gasteiger partial charge in [0, 0.05) is 45.1 Å². The third-order valence-corrected chi connectivity index (χ3v) is 6.24. The molecule has 156 valence electrons. The van der Waals surface area contributed by atoms with Crippen molar-refractivity contribution in [3.63, 3.8) is 0 Å². The van der Waals surface area contributed by atoms with E-state index in [1.165, 1.54) is 22.9 Å². The molecule has 0 spiro atoms. The molecule has 8 heteroatoms. The highest BCUT2D eigenvalue weighted by atomic mass is 32.2. The standard InChI is InChI=1S/C22H26N6OS/c1-18-24-25-22(28(18)16-19-5-3-2-4-6-19)30-17-21(29)27-13-11-26(12-14-27)15-20-7-9-23-10-8-20/h2-10H,11-17H2,1H3. The van der Waals surface area contributed by atoms with E-state index in [0.717, 1.165) is 43.7 Å². The molecule has 1 aliphatic heterocycles. The van der Waals surface area contributed by atoms with Gasteiger partial charge in [-0.05, 0) is 30.2 Å². The van der Waals surface area contributed by atoms with Gasteiger partial charge in [0.25, 0.3) is 0 Å². The number of carbonyl (C=O) groups excluding carboxylic acids is 1. The molecule has 0 atom stereocenters. The van der Waals surface area contributed by atoms with E-state index in [4.69, 9.17) is 0 Å². The van der Waals surface area contributed by atoms with Gasteiger partial charge in [-0.25, -0.2) is 0 Å². The number of piperazine rings is 1. The first-order chi connectivity index (χ1) is 14.7. The van der Waals surface area contributed by atoms with E-state index in [2.05, 4.69) is 36.8 Å². The van der Waals surface area contributed by atoms with Gasteiger partial charge in [-0.1, -0.05) is 42.1 Å². The van der Waals surface area contributed by atoms with Crippen LogP contribution in [0.1, 0.15) is 17.0 Å². The van der Waals surface area contributed by atoms with Crippen molar-refractivity contribution in [1.29, 1.82) is 0 Å². The van der Waals surface area contributed by atoms with Gasteiger partial charge in [0.2, 0.25) is 5.91 Å². The first-order valence-corrected chi connectivity index (χ1v) is 11.1. The molecule has 0 saturated carbocycles. The van der Waals surface area contributed by atoms with E-state index >= 15 is 0 Å². The van der Waals surface area contributed by atoms with Crippen molar-refractivity contribution >= 4 is 17.7 Å². The summed E-state index contributed by atoms with van der Waals surface area (Å²) in [5, 5.41) is 9.28. The van der Waals surface area contributed by atoms with Crippen molar-refractivity contribution in [2.45, 2.75) is 25.2 Å². The fourth-order valence-corrected chi connectivity index (χ4v) is 4.42. The Morgan fingerprint density at radius 2 is 1.63 bits per heavy atom. The molecule has 0 radical (unpaired) electrons. The van der Waals surface area contributed by atoms with Crippen LogP contribution in [0.5, 0.6) is 0 Å². The lowest BCUT2D eigenvalue weighted by Gasteiger charge is -2.34. The molecule has 0 unspecified atom stereocenters. The monoisotopic (exact) mass is 422 g/mol. The molecule has 0 bridgehead atoms. The van der Waals surface area contributed by atoms with Crippen LogP contribution in [-0.4, -0.2) is 67.4 Å². The SMILES string of the molecule is Cc1nnc(SCC(=O)N2CCN(Cc3ccncc3)CC2)n1Cc1ccccc1. The van der Waals surface area contributed by atoms with Crippen LogP contribution < -0.4 is 0 Å². The summed E-state index contributed by atoms with van der Waals surface area (Å²) >= 11 is 1.47. The zero-order valence-corrected chi connectivity index (χ0v) is 18.0. The number of aromatic nitrogens is 4. The molecule has 1 amide bonds. The van der Waals surface area contributed by atoms with E-state index in [1.807, 2.05) is 54.5 Å². The Labute approximate surface area is 181 Å². The second-order valence-electron chi connectivity index (χ2n) is 7.40. The lowest BCUT2D eigenvalue weighted by atomic mass is 10.2. The van der Waals surface area contributed by atoms with Crippen LogP contribution in [0.15, 0.2) is 60.0 Å². The number of hydrogen-bond donors (Lipinski definition) is 0. The van der Waals surface area contributed by atoms with Crippen LogP contribution in [-0.2, 0) is 17.9 Å². The fourth-order valence-electron chi connectivity index (χ4n) is 3.54. The summed E-state index contributed by atoms with van der Waals surface area (Å²) in [5.41, 5.74) is 2.45. The van der Waals surface area contributed by atoms with Crippen molar-refractivity contribution < 1.29 is 4.79 Å². The second kappa shape index (κ2) is 9.86. The van der Waals surface area contributed by atoms with Crippen molar-refractivity contribution in [3.05, 3.63) is 71.8 Å². The zero-order chi connectivity index (χ0) is 20.8. The lowest BCUT2D eigenvalue weighted by molar-refractivity contribution is -0.130. The molecule has 0 aliphatic carbocycles. The third kappa shape index (κ3) is 5.25. The normalized spacial score (nSPS) is 14.8. The van der Waals surface area contributed by atoms with E-state index in [9.17, 15) is 4.79 Å². The van der Waals surface area contributed by atoms with Gasteiger partial charge in [-0.2, -0.15) is 0 Å². The maximum Gasteiger partial charge on any atom is 0.233 e. The van der Waals surface area contributed by atoms with Gasteiger partial charge in [0.15, 0.2) is 5.16 Å². The molecule has 4 rings (SSSR count). The summed E-state index contributed by atoms with van der Waals surface area (Å²) in [6.07, 6.45) is 3.65. The molecule has 1 aromatic carbocycles. The summed E-state index contributed by atoms with van der Waals surface area (Å²) in [4.78, 5) is 21.1. The van der Waals surface area contributed by atoms with Gasteiger partial charge >= 0.3 is 0 Å². The molecule has 3 heterocycles. The predicted octanol–water partition coefficient (Wildman–Crippen LogP) is 2.47. The topological polar surface area (TPSA) is 67.2 Å². The van der Waals surface area contributed by atoms with E-state index in [0.29, 0.717) is 12.3 Å². The molecular formula is C22H26N6OS. The van der Waals surface area contributed by atoms with Gasteiger partial charge < -0.3 is 9.47 Å². The molecular weight excluding hydrogens is 396 g/mol. The molecule has 2 aromatic heterocycles. The summed E-state index contributed by atoms with van der Waals surface area (Å²) in [6.45, 7) is 6.87. The average Bonchev–Trinajstić information content (AvgIpc) is 3.13. The smallest absolute Gasteiger partial charge is 0.233 e. The Morgan fingerprint density at radius 1 is 0.933 bits per heavy atom. The Hall–Kier alpha value is -2.71. The van der Waals surface area contributed by atoms with Gasteiger partial charge in [0.05, 0.1) is 12.3 Å². The average molecular weight is 423 g/mol. The summed E-state index contributed by atoms with van der Waals surface area (Å²) < 4.78 is 2.07. The van der Waals surface area contributed by atoms with Crippen molar-refractivity contribution in [1.82, 2.24) is 29.5 Å². The Balaban J connectivity index is 1.27. The fraction of sp³-hybridized carbons (Fsp3) is 0.364. The largest absolute Gasteiger partial charge is 0.339 e. The minimum atomic E-state index is 0.162. The van der Waals surface area contributed by atoms with Crippen LogP contribution in [0.4, 0.5) is 0 Å². The Kier molecular flexibility index (Phi) is 6.76. The minimum absolute atomic E-state index is 0.162. The highest BCUT2D eigenvalue weighted by Crippen LogP contribution is 2.19.